The van der Waals surface area contributed by atoms with E-state index in [1.165, 1.54) is 4.80 Å². The molecule has 7 nitrogen and oxygen atoms in total. The topological polar surface area (TPSA) is 75.9 Å². The second-order valence-corrected chi connectivity index (χ2v) is 6.09. The van der Waals surface area contributed by atoms with E-state index in [1.54, 1.807) is 25.2 Å². The van der Waals surface area contributed by atoms with E-state index in [2.05, 4.69) is 20.5 Å². The van der Waals surface area contributed by atoms with E-state index in [1.807, 2.05) is 6.07 Å². The Morgan fingerprint density at radius 3 is 2.78 bits per heavy atom. The van der Waals surface area contributed by atoms with Crippen molar-refractivity contribution in [1.82, 2.24) is 20.0 Å². The second kappa shape index (κ2) is 4.59. The molecular formula is C14H14B2N6O. The van der Waals surface area contributed by atoms with Gasteiger partial charge in [-0.1, -0.05) is 0 Å². The minimum Gasteiger partial charge on any atom is -0.377 e. The van der Waals surface area contributed by atoms with Crippen LogP contribution in [0.2, 0.25) is 0 Å². The van der Waals surface area contributed by atoms with E-state index >= 15 is 0 Å². The van der Waals surface area contributed by atoms with Crippen LogP contribution in [0, 0.1) is 5.92 Å². The van der Waals surface area contributed by atoms with Crippen molar-refractivity contribution in [2.24, 2.45) is 13.0 Å². The molecule has 0 aromatic carbocycles. The molecule has 112 valence electrons. The molecule has 23 heavy (non-hydrogen) atoms. The lowest BCUT2D eigenvalue weighted by atomic mass is 9.57. The lowest BCUT2D eigenvalue weighted by molar-refractivity contribution is -0.117. The smallest absolute Gasteiger partial charge is 0.228 e. The Balaban J connectivity index is 1.88. The average Bonchev–Trinajstić information content (AvgIpc) is 3.27. The Labute approximate surface area is 136 Å². The highest BCUT2D eigenvalue weighted by Gasteiger charge is 2.40. The van der Waals surface area contributed by atoms with Crippen LogP contribution in [0.25, 0.3) is 11.3 Å². The molecule has 3 heterocycles. The monoisotopic (exact) mass is 304 g/mol. The third-order valence-corrected chi connectivity index (χ3v) is 4.35. The largest absolute Gasteiger partial charge is 0.377 e. The summed E-state index contributed by atoms with van der Waals surface area (Å²) in [6.07, 6.45) is 3.47. The molecule has 1 aliphatic carbocycles. The van der Waals surface area contributed by atoms with E-state index in [9.17, 15) is 4.79 Å². The number of nitrogens with zero attached hydrogens (tertiary/aromatic N) is 5. The van der Waals surface area contributed by atoms with Gasteiger partial charge in [-0.05, 0) is 18.9 Å². The zero-order chi connectivity index (χ0) is 16.4. The number of aromatic nitrogens is 4. The van der Waals surface area contributed by atoms with Gasteiger partial charge in [0.1, 0.15) is 5.69 Å². The maximum Gasteiger partial charge on any atom is 0.228 e. The molecule has 9 heteroatoms. The summed E-state index contributed by atoms with van der Waals surface area (Å²) < 4.78 is 0. The Kier molecular flexibility index (Phi) is 2.86. The molecule has 4 rings (SSSR count). The lowest BCUT2D eigenvalue weighted by Gasteiger charge is -2.42. The summed E-state index contributed by atoms with van der Waals surface area (Å²) in [5, 5.41) is 10.2. The Morgan fingerprint density at radius 1 is 1.35 bits per heavy atom. The molecule has 0 unspecified atom stereocenters. The number of hydrogen-bond donors (Lipinski definition) is 1. The number of nitrogens with one attached hydrogen (secondary N) is 1. The van der Waals surface area contributed by atoms with Gasteiger partial charge in [0.05, 0.1) is 27.1 Å². The molecule has 2 aliphatic rings. The van der Waals surface area contributed by atoms with Gasteiger partial charge in [-0.3, -0.25) is 4.79 Å². The molecule has 0 atom stereocenters. The molecule has 0 saturated heterocycles. The SMILES string of the molecule is [B]C1([B])c2nn(C)nc2-c2ccnc(NC(=O)C3CC3)c2N1C. The summed E-state index contributed by atoms with van der Waals surface area (Å²) in [7, 11) is 16.0. The molecule has 2 aromatic heterocycles. The number of aryl methyl sites for hydroxylation is 1. The first-order valence-corrected chi connectivity index (χ1v) is 7.43. The van der Waals surface area contributed by atoms with Gasteiger partial charge in [-0.15, -0.1) is 0 Å². The van der Waals surface area contributed by atoms with Gasteiger partial charge < -0.3 is 10.2 Å². The fraction of sp³-hybridized carbons (Fsp3) is 0.429. The maximum absolute atomic E-state index is 12.1. The van der Waals surface area contributed by atoms with E-state index in [-0.39, 0.29) is 11.8 Å². The Hall–Kier alpha value is -2.31. The van der Waals surface area contributed by atoms with E-state index < -0.39 is 5.34 Å². The van der Waals surface area contributed by atoms with Crippen molar-refractivity contribution < 1.29 is 4.79 Å². The second-order valence-electron chi connectivity index (χ2n) is 6.09. The van der Waals surface area contributed by atoms with Gasteiger partial charge >= 0.3 is 0 Å². The highest BCUT2D eigenvalue weighted by molar-refractivity contribution is 6.42. The Bertz CT molecular complexity index is 814. The fourth-order valence-corrected chi connectivity index (χ4v) is 2.84. The molecule has 1 aliphatic heterocycles. The summed E-state index contributed by atoms with van der Waals surface area (Å²) in [6.45, 7) is 0. The molecule has 1 N–H and O–H groups in total. The number of carbonyl (C=O) groups excluding carboxylic acids is 1. The van der Waals surface area contributed by atoms with Crippen LogP contribution in [0.1, 0.15) is 18.5 Å². The van der Waals surface area contributed by atoms with Gasteiger partial charge in [0.2, 0.25) is 5.91 Å². The minimum atomic E-state index is -1.33. The van der Waals surface area contributed by atoms with Crippen LogP contribution in [-0.4, -0.2) is 48.6 Å². The average molecular weight is 304 g/mol. The standard InChI is InChI=1S/C14H14B2N6O/c1-21-10-8(9-11(14(21,15)16)20-22(2)19-9)5-6-17-12(10)18-13(23)7-3-4-7/h5-7H,3-4H2,1-2H3,(H,17,18,23). The van der Waals surface area contributed by atoms with Gasteiger partial charge in [0.25, 0.3) is 0 Å². The van der Waals surface area contributed by atoms with E-state index in [0.717, 1.165) is 18.4 Å². The van der Waals surface area contributed by atoms with Crippen LogP contribution >= 0.6 is 0 Å². The number of hydrogen-bond acceptors (Lipinski definition) is 5. The van der Waals surface area contributed by atoms with Gasteiger partial charge in [-0.2, -0.15) is 15.0 Å². The van der Waals surface area contributed by atoms with Crippen LogP contribution in [-0.2, 0) is 17.2 Å². The predicted molar refractivity (Wildman–Crippen MR) is 87.2 cm³/mol. The van der Waals surface area contributed by atoms with Crippen molar-refractivity contribution in [3.05, 3.63) is 18.0 Å². The minimum absolute atomic E-state index is 0.0242. The van der Waals surface area contributed by atoms with E-state index in [4.69, 9.17) is 15.7 Å². The van der Waals surface area contributed by atoms with Gasteiger partial charge in [0, 0.05) is 37.1 Å². The number of anilines is 2. The summed E-state index contributed by atoms with van der Waals surface area (Å²) in [4.78, 5) is 19.5. The van der Waals surface area contributed by atoms with Gasteiger partial charge in [-0.25, -0.2) is 4.98 Å². The van der Waals surface area contributed by atoms with Crippen LogP contribution in [0.15, 0.2) is 12.3 Å². The van der Waals surface area contributed by atoms with Crippen molar-refractivity contribution >= 4 is 33.1 Å². The molecule has 1 fully saturated rings. The van der Waals surface area contributed by atoms with Crippen LogP contribution in [0.3, 0.4) is 0 Å². The third-order valence-electron chi connectivity index (χ3n) is 4.35. The zero-order valence-corrected chi connectivity index (χ0v) is 12.9. The number of pyridine rings is 1. The molecule has 1 amide bonds. The molecule has 0 spiro atoms. The zero-order valence-electron chi connectivity index (χ0n) is 12.9. The molecule has 2 aromatic rings. The first kappa shape index (κ1) is 14.3. The predicted octanol–water partition coefficient (Wildman–Crippen LogP) is 0.123. The highest BCUT2D eigenvalue weighted by Crippen LogP contribution is 2.45. The van der Waals surface area contributed by atoms with Crippen LogP contribution < -0.4 is 10.2 Å². The van der Waals surface area contributed by atoms with Crippen molar-refractivity contribution in [1.29, 1.82) is 0 Å². The number of amides is 1. The quantitative estimate of drug-likeness (QED) is 0.798. The lowest BCUT2D eigenvalue weighted by Crippen LogP contribution is -2.48. The normalized spacial score (nSPS) is 18.3. The van der Waals surface area contributed by atoms with Crippen LogP contribution in [0.5, 0.6) is 0 Å². The molecular weight excluding hydrogens is 290 g/mol. The number of rotatable bonds is 2. The van der Waals surface area contributed by atoms with Crippen molar-refractivity contribution in [2.75, 3.05) is 17.3 Å². The first-order chi connectivity index (χ1) is 10.9. The number of carbonyl (C=O) groups is 1. The number of fused-ring (bicyclic) bond motifs is 3. The molecule has 1 saturated carbocycles. The molecule has 4 radical (unpaired) electrons. The van der Waals surface area contributed by atoms with E-state index in [0.29, 0.717) is 22.9 Å². The van der Waals surface area contributed by atoms with Gasteiger partial charge in [0.15, 0.2) is 5.82 Å². The fourth-order valence-electron chi connectivity index (χ4n) is 2.84. The third kappa shape index (κ3) is 2.06. The summed E-state index contributed by atoms with van der Waals surface area (Å²) >= 11 is 0. The van der Waals surface area contributed by atoms with Crippen LogP contribution in [0.4, 0.5) is 11.5 Å². The maximum atomic E-state index is 12.1. The highest BCUT2D eigenvalue weighted by atomic mass is 16.2. The Morgan fingerprint density at radius 2 is 2.09 bits per heavy atom. The first-order valence-electron chi connectivity index (χ1n) is 7.43. The summed E-state index contributed by atoms with van der Waals surface area (Å²) in [6, 6.07) is 1.82. The van der Waals surface area contributed by atoms with Crippen molar-refractivity contribution in [3.8, 4) is 11.3 Å². The van der Waals surface area contributed by atoms with Crippen molar-refractivity contribution in [3.63, 3.8) is 0 Å². The summed E-state index contributed by atoms with van der Waals surface area (Å²) in [5.41, 5.74) is 2.54. The summed E-state index contributed by atoms with van der Waals surface area (Å²) in [5.74, 6) is 0.497. The van der Waals surface area contributed by atoms with Crippen molar-refractivity contribution in [2.45, 2.75) is 18.2 Å². The molecule has 0 bridgehead atoms.